The van der Waals surface area contributed by atoms with Gasteiger partial charge in [-0.15, -0.1) is 0 Å². The Morgan fingerprint density at radius 1 is 0.435 bits per heavy atom. The smallest absolute Gasteiger partial charge is 0.141 e. The number of hydrogen-bond donors (Lipinski definition) is 0. The average molecular weight is 587 g/mol. The summed E-state index contributed by atoms with van der Waals surface area (Å²) in [6.07, 6.45) is 3.28. The van der Waals surface area contributed by atoms with Gasteiger partial charge in [0.2, 0.25) is 0 Å². The second-order valence-electron chi connectivity index (χ2n) is 10.9. The lowest BCUT2D eigenvalue weighted by Gasteiger charge is -2.19. The highest BCUT2D eigenvalue weighted by atomic mass is 14.7. The Hall–Kier alpha value is -6.76. The van der Waals surface area contributed by atoms with Crippen molar-refractivity contribution in [2.45, 2.75) is 0 Å². The van der Waals surface area contributed by atoms with Gasteiger partial charge in [0, 0.05) is 40.0 Å². The highest BCUT2D eigenvalue weighted by Gasteiger charge is 2.20. The molecule has 0 spiro atoms. The van der Waals surface area contributed by atoms with Crippen molar-refractivity contribution in [1.29, 1.82) is 10.5 Å². The van der Waals surface area contributed by atoms with Gasteiger partial charge in [-0.3, -0.25) is 0 Å². The standard InChI is InChI=1S/C40H22N6/c41-23-28-21-26(17-19-43-28)34-11-5-13-36(45-34)38-31-9-3-4-10-32(31)40(39-30-8-2-1-7-25(30)15-16-33(38)39)37-14-6-12-35(46-37)27-18-20-44-29(22-27)24-42/h1-22H. The van der Waals surface area contributed by atoms with Crippen LogP contribution < -0.4 is 0 Å². The van der Waals surface area contributed by atoms with Crippen molar-refractivity contribution in [2.24, 2.45) is 0 Å². The second-order valence-corrected chi connectivity index (χ2v) is 10.9. The van der Waals surface area contributed by atoms with Crippen LogP contribution in [-0.2, 0) is 0 Å². The van der Waals surface area contributed by atoms with Crippen molar-refractivity contribution < 1.29 is 0 Å². The Labute approximate surface area is 264 Å². The molecule has 0 saturated carbocycles. The molecule has 0 aliphatic carbocycles. The highest BCUT2D eigenvalue weighted by molar-refractivity contribution is 6.27. The van der Waals surface area contributed by atoms with Crippen LogP contribution in [0.1, 0.15) is 11.4 Å². The van der Waals surface area contributed by atoms with E-state index >= 15 is 0 Å². The number of rotatable bonds is 4. The summed E-state index contributed by atoms with van der Waals surface area (Å²) in [4.78, 5) is 18.6. The molecule has 4 aromatic heterocycles. The zero-order valence-corrected chi connectivity index (χ0v) is 24.4. The molecule has 0 saturated heterocycles. The normalized spacial score (nSPS) is 11.0. The Bertz CT molecular complexity index is 2570. The number of benzene rings is 4. The predicted octanol–water partition coefficient (Wildman–Crippen LogP) is 9.14. The summed E-state index contributed by atoms with van der Waals surface area (Å²) in [5.41, 5.74) is 7.62. The minimum Gasteiger partial charge on any atom is -0.248 e. The van der Waals surface area contributed by atoms with Gasteiger partial charge in [0.15, 0.2) is 0 Å². The Balaban J connectivity index is 1.45. The van der Waals surface area contributed by atoms with E-state index in [-0.39, 0.29) is 0 Å². The zero-order chi connectivity index (χ0) is 31.0. The molecule has 4 aromatic carbocycles. The third kappa shape index (κ3) is 4.50. The first-order valence-electron chi connectivity index (χ1n) is 14.8. The van der Waals surface area contributed by atoms with E-state index in [1.807, 2.05) is 48.5 Å². The summed E-state index contributed by atoms with van der Waals surface area (Å²) in [7, 11) is 0. The topological polar surface area (TPSA) is 99.1 Å². The first kappa shape index (κ1) is 26.8. The molecule has 6 nitrogen and oxygen atoms in total. The highest BCUT2D eigenvalue weighted by Crippen LogP contribution is 2.45. The van der Waals surface area contributed by atoms with Gasteiger partial charge in [-0.25, -0.2) is 19.9 Å². The van der Waals surface area contributed by atoms with Crippen molar-refractivity contribution in [1.82, 2.24) is 19.9 Å². The Kier molecular flexibility index (Phi) is 6.45. The summed E-state index contributed by atoms with van der Waals surface area (Å²) in [6.45, 7) is 0. The molecule has 0 radical (unpaired) electrons. The summed E-state index contributed by atoms with van der Waals surface area (Å²) < 4.78 is 0. The average Bonchev–Trinajstić information content (AvgIpc) is 3.13. The van der Waals surface area contributed by atoms with E-state index in [1.165, 1.54) is 0 Å². The maximum Gasteiger partial charge on any atom is 0.141 e. The number of nitriles is 2. The molecule has 8 aromatic rings. The number of aromatic nitrogens is 4. The predicted molar refractivity (Wildman–Crippen MR) is 181 cm³/mol. The fourth-order valence-electron chi connectivity index (χ4n) is 6.26. The van der Waals surface area contributed by atoms with Crippen LogP contribution in [-0.4, -0.2) is 19.9 Å². The van der Waals surface area contributed by atoms with Crippen LogP contribution >= 0.6 is 0 Å². The van der Waals surface area contributed by atoms with Crippen molar-refractivity contribution in [3.8, 4) is 57.2 Å². The minimum absolute atomic E-state index is 0.348. The van der Waals surface area contributed by atoms with Crippen LogP contribution in [0.2, 0.25) is 0 Å². The van der Waals surface area contributed by atoms with Crippen LogP contribution in [0.4, 0.5) is 0 Å². The van der Waals surface area contributed by atoms with Gasteiger partial charge in [0.05, 0.1) is 22.8 Å². The van der Waals surface area contributed by atoms with Crippen molar-refractivity contribution in [3.05, 3.63) is 145 Å². The molecule has 0 aliphatic rings. The number of hydrogen-bond acceptors (Lipinski definition) is 6. The lowest BCUT2D eigenvalue weighted by Crippen LogP contribution is -1.96. The monoisotopic (exact) mass is 586 g/mol. The molecule has 0 atom stereocenters. The van der Waals surface area contributed by atoms with Gasteiger partial charge in [-0.1, -0.05) is 72.8 Å². The molecule has 0 amide bonds. The van der Waals surface area contributed by atoms with Crippen molar-refractivity contribution in [3.63, 3.8) is 0 Å². The fraction of sp³-hybridized carbons (Fsp3) is 0. The van der Waals surface area contributed by atoms with E-state index in [1.54, 1.807) is 24.5 Å². The van der Waals surface area contributed by atoms with E-state index in [0.29, 0.717) is 11.4 Å². The molecular weight excluding hydrogens is 564 g/mol. The van der Waals surface area contributed by atoms with E-state index in [0.717, 1.165) is 77.3 Å². The van der Waals surface area contributed by atoms with Gasteiger partial charge < -0.3 is 0 Å². The molecule has 0 unspecified atom stereocenters. The lowest BCUT2D eigenvalue weighted by molar-refractivity contribution is 1.25. The van der Waals surface area contributed by atoms with Crippen molar-refractivity contribution >= 4 is 32.3 Å². The summed E-state index contributed by atoms with van der Waals surface area (Å²) in [5.74, 6) is 0. The summed E-state index contributed by atoms with van der Waals surface area (Å²) in [5, 5.41) is 25.4. The number of nitrogens with zero attached hydrogens (tertiary/aromatic N) is 6. The Morgan fingerprint density at radius 3 is 1.57 bits per heavy atom. The first-order chi connectivity index (χ1) is 22.7. The molecule has 46 heavy (non-hydrogen) atoms. The van der Waals surface area contributed by atoms with Crippen molar-refractivity contribution in [2.75, 3.05) is 0 Å². The quantitative estimate of drug-likeness (QED) is 0.151. The fourth-order valence-corrected chi connectivity index (χ4v) is 6.26. The molecule has 4 heterocycles. The maximum atomic E-state index is 9.45. The molecular formula is C40H22N6. The van der Waals surface area contributed by atoms with Gasteiger partial charge in [-0.2, -0.15) is 10.5 Å². The van der Waals surface area contributed by atoms with Gasteiger partial charge in [0.25, 0.3) is 0 Å². The van der Waals surface area contributed by atoms with Gasteiger partial charge in [0.1, 0.15) is 23.5 Å². The third-order valence-corrected chi connectivity index (χ3v) is 8.27. The van der Waals surface area contributed by atoms with E-state index < -0.39 is 0 Å². The summed E-state index contributed by atoms with van der Waals surface area (Å²) in [6, 6.07) is 44.7. The van der Waals surface area contributed by atoms with Gasteiger partial charge in [-0.05, 0) is 75.5 Å². The molecule has 6 heteroatoms. The van der Waals surface area contributed by atoms with Crippen LogP contribution in [0.3, 0.4) is 0 Å². The molecule has 212 valence electrons. The molecule has 8 rings (SSSR count). The van der Waals surface area contributed by atoms with E-state index in [2.05, 4.69) is 82.8 Å². The number of pyridine rings is 4. The van der Waals surface area contributed by atoms with E-state index in [4.69, 9.17) is 9.97 Å². The van der Waals surface area contributed by atoms with Crippen LogP contribution in [0, 0.1) is 22.7 Å². The van der Waals surface area contributed by atoms with Gasteiger partial charge >= 0.3 is 0 Å². The summed E-state index contributed by atoms with van der Waals surface area (Å²) >= 11 is 0. The minimum atomic E-state index is 0.348. The van der Waals surface area contributed by atoms with E-state index in [9.17, 15) is 10.5 Å². The SMILES string of the molecule is N#Cc1cc(-c2cccc(-c3c4ccccc4c(-c4cccc(-c5ccnc(C#N)c5)n4)c4c3ccc3ccccc34)n2)ccn1. The first-order valence-corrected chi connectivity index (χ1v) is 14.8. The second kappa shape index (κ2) is 11.1. The molecule has 0 fully saturated rings. The van der Waals surface area contributed by atoms with Crippen LogP contribution in [0.15, 0.2) is 134 Å². The third-order valence-electron chi connectivity index (χ3n) is 8.27. The Morgan fingerprint density at radius 2 is 0.957 bits per heavy atom. The molecule has 0 aliphatic heterocycles. The van der Waals surface area contributed by atoms with Crippen LogP contribution in [0.5, 0.6) is 0 Å². The van der Waals surface area contributed by atoms with Crippen LogP contribution in [0.25, 0.3) is 77.3 Å². The maximum absolute atomic E-state index is 9.45. The zero-order valence-electron chi connectivity index (χ0n) is 24.4. The lowest BCUT2D eigenvalue weighted by atomic mass is 9.86. The number of fused-ring (bicyclic) bond motifs is 4. The largest absolute Gasteiger partial charge is 0.248 e. The molecule has 0 N–H and O–H groups in total. The molecule has 0 bridgehead atoms.